The van der Waals surface area contributed by atoms with E-state index < -0.39 is 0 Å². The Morgan fingerprint density at radius 2 is 2.06 bits per heavy atom. The fourth-order valence-corrected chi connectivity index (χ4v) is 4.40. The molecule has 0 radical (unpaired) electrons. The molecule has 8 heteroatoms. The lowest BCUT2D eigenvalue weighted by Crippen LogP contribution is -2.28. The summed E-state index contributed by atoms with van der Waals surface area (Å²) in [5.74, 6) is 1.23. The maximum Gasteiger partial charge on any atom is 0.270 e. The lowest BCUT2D eigenvalue weighted by molar-refractivity contribution is 0.0714. The van der Waals surface area contributed by atoms with Gasteiger partial charge in [0.2, 0.25) is 0 Å². The summed E-state index contributed by atoms with van der Waals surface area (Å²) >= 11 is 0. The van der Waals surface area contributed by atoms with Gasteiger partial charge in [-0.05, 0) is 61.9 Å². The third-order valence-electron chi connectivity index (χ3n) is 6.58. The average molecular weight is 445 g/mol. The minimum Gasteiger partial charge on any atom is -0.351 e. The number of fused-ring (bicyclic) bond motifs is 1. The van der Waals surface area contributed by atoms with E-state index in [1.807, 2.05) is 33.0 Å². The second-order valence-corrected chi connectivity index (χ2v) is 9.15. The number of carbonyl (C=O) groups excluding carboxylic acids is 2. The smallest absolute Gasteiger partial charge is 0.270 e. The maximum atomic E-state index is 13.2. The molecule has 0 saturated heterocycles. The molecule has 1 N–H and O–H groups in total. The van der Waals surface area contributed by atoms with Gasteiger partial charge in [0.1, 0.15) is 5.69 Å². The van der Waals surface area contributed by atoms with Crippen molar-refractivity contribution in [3.63, 3.8) is 0 Å². The number of amides is 2. The van der Waals surface area contributed by atoms with Gasteiger partial charge in [0.25, 0.3) is 11.8 Å². The lowest BCUT2D eigenvalue weighted by atomic mass is 10.1. The van der Waals surface area contributed by atoms with Crippen molar-refractivity contribution in [2.45, 2.75) is 52.6 Å². The van der Waals surface area contributed by atoms with Gasteiger partial charge in [-0.15, -0.1) is 0 Å². The van der Waals surface area contributed by atoms with Crippen LogP contribution in [0.25, 0.3) is 5.82 Å². The summed E-state index contributed by atoms with van der Waals surface area (Å²) < 4.78 is 1.76. The zero-order valence-corrected chi connectivity index (χ0v) is 19.2. The molecule has 33 heavy (non-hydrogen) atoms. The van der Waals surface area contributed by atoms with Crippen molar-refractivity contribution in [3.05, 3.63) is 70.4 Å². The predicted octanol–water partition coefficient (Wildman–Crippen LogP) is 3.53. The summed E-state index contributed by atoms with van der Waals surface area (Å²) in [6, 6.07) is 3.55. The van der Waals surface area contributed by atoms with Crippen LogP contribution in [0.2, 0.25) is 0 Å². The van der Waals surface area contributed by atoms with Crippen LogP contribution in [-0.4, -0.2) is 43.0 Å². The molecule has 170 valence electrons. The number of aryl methyl sites for hydroxylation is 2. The number of rotatable bonds is 7. The van der Waals surface area contributed by atoms with Crippen LogP contribution in [-0.2, 0) is 6.54 Å². The fraction of sp³-hybridized carbons (Fsp3) is 0.400. The molecule has 2 aliphatic rings. The van der Waals surface area contributed by atoms with Gasteiger partial charge in [-0.25, -0.2) is 9.67 Å². The Balaban J connectivity index is 1.34. The summed E-state index contributed by atoms with van der Waals surface area (Å²) in [5.41, 5.74) is 4.58. The van der Waals surface area contributed by atoms with E-state index >= 15 is 0 Å². The SMILES string of the molecule is Cc1cnn(-c2ncc(C(C)N3Cc4c(ccnc4C(=O)NCCC4CC4)C3=O)cc2C)c1. The molecular formula is C25H28N6O2. The third kappa shape index (κ3) is 4.13. The van der Waals surface area contributed by atoms with Crippen LogP contribution < -0.4 is 5.32 Å². The summed E-state index contributed by atoms with van der Waals surface area (Å²) in [6.45, 7) is 6.97. The summed E-state index contributed by atoms with van der Waals surface area (Å²) in [6.07, 6.45) is 10.6. The molecule has 3 aromatic heterocycles. The largest absolute Gasteiger partial charge is 0.351 e. The van der Waals surface area contributed by atoms with Crippen molar-refractivity contribution in [3.8, 4) is 5.82 Å². The van der Waals surface area contributed by atoms with Crippen molar-refractivity contribution >= 4 is 11.8 Å². The number of nitrogens with one attached hydrogen (secondary N) is 1. The molecule has 1 aliphatic heterocycles. The molecule has 1 fully saturated rings. The molecule has 3 aromatic rings. The third-order valence-corrected chi connectivity index (χ3v) is 6.58. The van der Waals surface area contributed by atoms with E-state index in [-0.39, 0.29) is 17.9 Å². The number of aromatic nitrogens is 4. The number of pyridine rings is 2. The van der Waals surface area contributed by atoms with Crippen LogP contribution in [0, 0.1) is 19.8 Å². The van der Waals surface area contributed by atoms with Crippen LogP contribution >= 0.6 is 0 Å². The molecule has 0 aromatic carbocycles. The second-order valence-electron chi connectivity index (χ2n) is 9.15. The first-order valence-electron chi connectivity index (χ1n) is 11.5. The summed E-state index contributed by atoms with van der Waals surface area (Å²) in [7, 11) is 0. The van der Waals surface area contributed by atoms with Crippen molar-refractivity contribution in [1.82, 2.24) is 30.0 Å². The van der Waals surface area contributed by atoms with Crippen LogP contribution in [0.15, 0.2) is 36.9 Å². The first-order valence-corrected chi connectivity index (χ1v) is 11.5. The Bertz CT molecular complexity index is 1230. The van der Waals surface area contributed by atoms with Gasteiger partial charge in [-0.2, -0.15) is 5.10 Å². The standard InChI is InChI=1S/C25H28N6O2/c1-15-11-29-31(13-15)23-16(2)10-19(12-28-23)17(3)30-14-21-20(25(30)33)7-9-26-22(21)24(32)27-8-6-18-4-5-18/h7,9-13,17-18H,4-6,8,14H2,1-3H3,(H,27,32). The normalized spacial score (nSPS) is 16.1. The lowest BCUT2D eigenvalue weighted by Gasteiger charge is -2.25. The van der Waals surface area contributed by atoms with E-state index in [0.29, 0.717) is 29.9 Å². The number of hydrogen-bond acceptors (Lipinski definition) is 5. The summed E-state index contributed by atoms with van der Waals surface area (Å²) in [5, 5.41) is 7.32. The molecule has 2 amide bonds. The van der Waals surface area contributed by atoms with Crippen LogP contribution in [0.3, 0.4) is 0 Å². The Labute approximate surface area is 193 Å². The average Bonchev–Trinajstić information content (AvgIpc) is 3.43. The van der Waals surface area contributed by atoms with Crippen molar-refractivity contribution in [1.29, 1.82) is 0 Å². The topological polar surface area (TPSA) is 93.0 Å². The van der Waals surface area contributed by atoms with E-state index in [1.54, 1.807) is 34.2 Å². The first kappa shape index (κ1) is 21.3. The Hall–Kier alpha value is -3.55. The highest BCUT2D eigenvalue weighted by molar-refractivity contribution is 6.03. The zero-order chi connectivity index (χ0) is 23.1. The molecule has 1 unspecified atom stereocenters. The molecule has 0 spiro atoms. The number of carbonyl (C=O) groups is 2. The summed E-state index contributed by atoms with van der Waals surface area (Å²) in [4.78, 5) is 36.7. The van der Waals surface area contributed by atoms with E-state index in [9.17, 15) is 9.59 Å². The first-order chi connectivity index (χ1) is 15.9. The van der Waals surface area contributed by atoms with Crippen molar-refractivity contribution in [2.24, 2.45) is 5.92 Å². The van der Waals surface area contributed by atoms with E-state index in [1.165, 1.54) is 12.8 Å². The van der Waals surface area contributed by atoms with Crippen molar-refractivity contribution < 1.29 is 9.59 Å². The second kappa shape index (κ2) is 8.42. The van der Waals surface area contributed by atoms with Crippen molar-refractivity contribution in [2.75, 3.05) is 6.54 Å². The molecule has 5 rings (SSSR count). The maximum absolute atomic E-state index is 13.2. The Morgan fingerprint density at radius 1 is 1.24 bits per heavy atom. The van der Waals surface area contributed by atoms with Gasteiger partial charge in [-0.3, -0.25) is 14.6 Å². The quantitative estimate of drug-likeness (QED) is 0.602. The Morgan fingerprint density at radius 3 is 2.76 bits per heavy atom. The Kier molecular flexibility index (Phi) is 5.44. The minimum absolute atomic E-state index is 0.0867. The molecule has 1 atom stereocenters. The fourth-order valence-electron chi connectivity index (χ4n) is 4.40. The van der Waals surface area contributed by atoms with Crippen LogP contribution in [0.4, 0.5) is 0 Å². The minimum atomic E-state index is -0.203. The van der Waals surface area contributed by atoms with Gasteiger partial charge in [0.05, 0.1) is 12.2 Å². The highest BCUT2D eigenvalue weighted by atomic mass is 16.2. The van der Waals surface area contributed by atoms with Gasteiger partial charge < -0.3 is 10.2 Å². The van der Waals surface area contributed by atoms with E-state index in [0.717, 1.165) is 34.8 Å². The van der Waals surface area contributed by atoms with Crippen LogP contribution in [0.5, 0.6) is 0 Å². The molecule has 8 nitrogen and oxygen atoms in total. The van der Waals surface area contributed by atoms with E-state index in [2.05, 4.69) is 20.4 Å². The predicted molar refractivity (Wildman–Crippen MR) is 123 cm³/mol. The number of nitrogens with zero attached hydrogens (tertiary/aromatic N) is 5. The monoisotopic (exact) mass is 444 g/mol. The molecule has 1 aliphatic carbocycles. The molecule has 1 saturated carbocycles. The van der Waals surface area contributed by atoms with Gasteiger partial charge in [-0.1, -0.05) is 12.8 Å². The molecular weight excluding hydrogens is 416 g/mol. The molecule has 4 heterocycles. The van der Waals surface area contributed by atoms with Gasteiger partial charge >= 0.3 is 0 Å². The zero-order valence-electron chi connectivity index (χ0n) is 19.2. The van der Waals surface area contributed by atoms with Gasteiger partial charge in [0.15, 0.2) is 5.82 Å². The molecule has 0 bridgehead atoms. The van der Waals surface area contributed by atoms with E-state index in [4.69, 9.17) is 0 Å². The highest BCUT2D eigenvalue weighted by Gasteiger charge is 2.35. The number of hydrogen-bond donors (Lipinski definition) is 1. The highest BCUT2D eigenvalue weighted by Crippen LogP contribution is 2.33. The van der Waals surface area contributed by atoms with Gasteiger partial charge in [0, 0.05) is 42.8 Å². The van der Waals surface area contributed by atoms with Crippen LogP contribution in [0.1, 0.15) is 75.3 Å².